The number of benzene rings is 1. The van der Waals surface area contributed by atoms with Gasteiger partial charge in [0.15, 0.2) is 5.76 Å². The summed E-state index contributed by atoms with van der Waals surface area (Å²) < 4.78 is 10.3. The van der Waals surface area contributed by atoms with Crippen LogP contribution in [-0.2, 0) is 11.3 Å². The van der Waals surface area contributed by atoms with Gasteiger partial charge in [-0.1, -0.05) is 0 Å². The first-order valence-electron chi connectivity index (χ1n) is 7.45. The van der Waals surface area contributed by atoms with Crippen molar-refractivity contribution in [3.8, 4) is 0 Å². The Bertz CT molecular complexity index is 702. The van der Waals surface area contributed by atoms with Crippen LogP contribution in [0.5, 0.6) is 0 Å². The third-order valence-electron chi connectivity index (χ3n) is 3.49. The molecule has 0 bridgehead atoms. The molecule has 120 valence electrons. The second kappa shape index (κ2) is 6.66. The van der Waals surface area contributed by atoms with Gasteiger partial charge in [-0.15, -0.1) is 0 Å². The van der Waals surface area contributed by atoms with Crippen LogP contribution in [0.1, 0.15) is 39.5 Å². The zero-order chi connectivity index (χ0) is 16.2. The molecule has 6 heteroatoms. The Balaban J connectivity index is 1.60. The van der Waals surface area contributed by atoms with Crippen molar-refractivity contribution < 1.29 is 18.7 Å². The van der Waals surface area contributed by atoms with Gasteiger partial charge in [-0.3, -0.25) is 9.59 Å². The van der Waals surface area contributed by atoms with Crippen molar-refractivity contribution >= 4 is 17.5 Å². The van der Waals surface area contributed by atoms with E-state index < -0.39 is 0 Å². The van der Waals surface area contributed by atoms with Crippen LogP contribution < -0.4 is 10.6 Å². The van der Waals surface area contributed by atoms with Gasteiger partial charge >= 0.3 is 0 Å². The number of anilines is 1. The molecule has 0 saturated heterocycles. The summed E-state index contributed by atoms with van der Waals surface area (Å²) in [6, 6.07) is 10.4. The maximum absolute atomic E-state index is 12.1. The molecule has 3 rings (SSSR count). The normalized spacial score (nSPS) is 13.6. The largest absolute Gasteiger partial charge is 0.453 e. The molecule has 0 atom stereocenters. The van der Waals surface area contributed by atoms with Crippen LogP contribution >= 0.6 is 0 Å². The predicted octanol–water partition coefficient (Wildman–Crippen LogP) is 2.57. The first-order chi connectivity index (χ1) is 11.2. The molecule has 1 heterocycles. The quantitative estimate of drug-likeness (QED) is 0.858. The number of furan rings is 1. The minimum absolute atomic E-state index is 0.0828. The number of hydrogen-bond donors (Lipinski definition) is 2. The van der Waals surface area contributed by atoms with Gasteiger partial charge in [-0.2, -0.15) is 0 Å². The maximum Gasteiger partial charge on any atom is 0.291 e. The molecule has 0 spiro atoms. The van der Waals surface area contributed by atoms with Gasteiger partial charge < -0.3 is 19.8 Å². The Morgan fingerprint density at radius 2 is 1.87 bits per heavy atom. The van der Waals surface area contributed by atoms with E-state index in [0.29, 0.717) is 29.7 Å². The van der Waals surface area contributed by atoms with Crippen LogP contribution in [0.4, 0.5) is 5.69 Å². The zero-order valence-electron chi connectivity index (χ0n) is 12.8. The number of carbonyl (C=O) groups is 2. The van der Waals surface area contributed by atoms with Crippen LogP contribution in [0.15, 0.2) is 40.8 Å². The monoisotopic (exact) mass is 314 g/mol. The van der Waals surface area contributed by atoms with Crippen molar-refractivity contribution in [1.82, 2.24) is 5.32 Å². The summed E-state index contributed by atoms with van der Waals surface area (Å²) in [5.74, 6) is 0.375. The molecule has 2 N–H and O–H groups in total. The van der Waals surface area contributed by atoms with Crippen molar-refractivity contribution in [2.45, 2.75) is 25.5 Å². The smallest absolute Gasteiger partial charge is 0.291 e. The summed E-state index contributed by atoms with van der Waals surface area (Å²) >= 11 is 0. The highest BCUT2D eigenvalue weighted by Crippen LogP contribution is 2.20. The molecule has 6 nitrogen and oxygen atoms in total. The Morgan fingerprint density at radius 3 is 2.52 bits per heavy atom. The van der Waals surface area contributed by atoms with E-state index in [1.54, 1.807) is 43.5 Å². The second-order valence-corrected chi connectivity index (χ2v) is 5.48. The van der Waals surface area contributed by atoms with E-state index >= 15 is 0 Å². The molecule has 0 aliphatic heterocycles. The lowest BCUT2D eigenvalue weighted by atomic mass is 10.2. The average Bonchev–Trinajstić information content (AvgIpc) is 3.23. The van der Waals surface area contributed by atoms with Gasteiger partial charge in [0, 0.05) is 24.4 Å². The number of amides is 2. The molecule has 1 fully saturated rings. The molecule has 2 amide bonds. The molecule has 23 heavy (non-hydrogen) atoms. The van der Waals surface area contributed by atoms with Crippen molar-refractivity contribution in [2.24, 2.45) is 0 Å². The molecule has 0 unspecified atom stereocenters. The van der Waals surface area contributed by atoms with E-state index in [-0.39, 0.29) is 17.6 Å². The van der Waals surface area contributed by atoms with Crippen molar-refractivity contribution in [1.29, 1.82) is 0 Å². The van der Waals surface area contributed by atoms with Crippen LogP contribution in [0.2, 0.25) is 0 Å². The fourth-order valence-electron chi connectivity index (χ4n) is 2.11. The number of methoxy groups -OCH3 is 1. The maximum atomic E-state index is 12.1. The first-order valence-corrected chi connectivity index (χ1v) is 7.45. The molecule has 1 aliphatic rings. The van der Waals surface area contributed by atoms with Gasteiger partial charge in [0.05, 0.1) is 0 Å². The van der Waals surface area contributed by atoms with E-state index in [9.17, 15) is 9.59 Å². The summed E-state index contributed by atoms with van der Waals surface area (Å²) in [6.45, 7) is 0.318. The Kier molecular flexibility index (Phi) is 4.43. The molecule has 1 saturated carbocycles. The van der Waals surface area contributed by atoms with Crippen LogP contribution in [0.25, 0.3) is 0 Å². The third-order valence-corrected chi connectivity index (χ3v) is 3.49. The van der Waals surface area contributed by atoms with Crippen molar-refractivity contribution in [3.05, 3.63) is 53.5 Å². The van der Waals surface area contributed by atoms with Gasteiger partial charge in [0.1, 0.15) is 12.4 Å². The van der Waals surface area contributed by atoms with Crippen LogP contribution in [-0.4, -0.2) is 25.0 Å². The standard InChI is InChI=1S/C17H18N2O4/c1-22-10-14-8-9-15(23-14)17(21)19-12-4-2-11(3-5-12)16(20)18-13-6-7-13/h2-5,8-9,13H,6-7,10H2,1H3,(H,18,20)(H,19,21). The zero-order valence-corrected chi connectivity index (χ0v) is 12.8. The Morgan fingerprint density at radius 1 is 1.13 bits per heavy atom. The summed E-state index contributed by atoms with van der Waals surface area (Å²) in [6.07, 6.45) is 2.10. The highest BCUT2D eigenvalue weighted by atomic mass is 16.5. The number of hydrogen-bond acceptors (Lipinski definition) is 4. The fourth-order valence-corrected chi connectivity index (χ4v) is 2.11. The van der Waals surface area contributed by atoms with Gasteiger partial charge in [-0.25, -0.2) is 0 Å². The Hall–Kier alpha value is -2.60. The number of ether oxygens (including phenoxy) is 1. The lowest BCUT2D eigenvalue weighted by molar-refractivity contribution is 0.0950. The molecule has 2 aromatic rings. The summed E-state index contributed by atoms with van der Waals surface area (Å²) in [5, 5.41) is 5.65. The van der Waals surface area contributed by atoms with Crippen LogP contribution in [0.3, 0.4) is 0 Å². The average molecular weight is 314 g/mol. The lowest BCUT2D eigenvalue weighted by Crippen LogP contribution is -2.25. The van der Waals surface area contributed by atoms with E-state index in [1.165, 1.54) is 0 Å². The van der Waals surface area contributed by atoms with Crippen LogP contribution in [0, 0.1) is 0 Å². The molecule has 0 radical (unpaired) electrons. The van der Waals surface area contributed by atoms with Gasteiger partial charge in [-0.05, 0) is 49.2 Å². The minimum Gasteiger partial charge on any atom is -0.453 e. The minimum atomic E-state index is -0.345. The summed E-state index contributed by atoms with van der Waals surface area (Å²) in [7, 11) is 1.56. The Labute approximate surface area is 133 Å². The molecular weight excluding hydrogens is 296 g/mol. The van der Waals surface area contributed by atoms with Gasteiger partial charge in [0.2, 0.25) is 0 Å². The van der Waals surface area contributed by atoms with E-state index in [0.717, 1.165) is 12.8 Å². The topological polar surface area (TPSA) is 80.6 Å². The highest BCUT2D eigenvalue weighted by Gasteiger charge is 2.23. The molecule has 1 aromatic carbocycles. The fraction of sp³-hybridized carbons (Fsp3) is 0.294. The molecule has 1 aliphatic carbocycles. The SMILES string of the molecule is COCc1ccc(C(=O)Nc2ccc(C(=O)NC3CC3)cc2)o1. The highest BCUT2D eigenvalue weighted by molar-refractivity contribution is 6.02. The lowest BCUT2D eigenvalue weighted by Gasteiger charge is -2.06. The third kappa shape index (κ3) is 3.98. The van der Waals surface area contributed by atoms with Crippen molar-refractivity contribution in [2.75, 3.05) is 12.4 Å². The predicted molar refractivity (Wildman–Crippen MR) is 84.3 cm³/mol. The molecular formula is C17H18N2O4. The van der Waals surface area contributed by atoms with Crippen molar-refractivity contribution in [3.63, 3.8) is 0 Å². The second-order valence-electron chi connectivity index (χ2n) is 5.48. The molecule has 1 aromatic heterocycles. The number of rotatable bonds is 6. The van der Waals surface area contributed by atoms with Gasteiger partial charge in [0.25, 0.3) is 11.8 Å². The first kappa shape index (κ1) is 15.3. The van der Waals surface area contributed by atoms with E-state index in [1.807, 2.05) is 0 Å². The number of nitrogens with one attached hydrogen (secondary N) is 2. The number of carbonyl (C=O) groups excluding carboxylic acids is 2. The summed E-state index contributed by atoms with van der Waals surface area (Å²) in [5.41, 5.74) is 1.18. The van der Waals surface area contributed by atoms with E-state index in [2.05, 4.69) is 10.6 Å². The van der Waals surface area contributed by atoms with E-state index in [4.69, 9.17) is 9.15 Å². The summed E-state index contributed by atoms with van der Waals surface area (Å²) in [4.78, 5) is 24.0.